The van der Waals surface area contributed by atoms with E-state index in [0.29, 0.717) is 5.96 Å². The van der Waals surface area contributed by atoms with E-state index in [1.54, 1.807) is 0 Å². The van der Waals surface area contributed by atoms with Crippen molar-refractivity contribution in [1.29, 1.82) is 0 Å². The molecule has 3 N–H and O–H groups in total. The van der Waals surface area contributed by atoms with Crippen LogP contribution in [0.4, 0.5) is 0 Å². The summed E-state index contributed by atoms with van der Waals surface area (Å²) in [6.07, 6.45) is 7.80. The summed E-state index contributed by atoms with van der Waals surface area (Å²) < 4.78 is 0. The van der Waals surface area contributed by atoms with Crippen molar-refractivity contribution in [2.24, 2.45) is 10.7 Å². The summed E-state index contributed by atoms with van der Waals surface area (Å²) in [6.45, 7) is 6.27. The van der Waals surface area contributed by atoms with E-state index in [1.165, 1.54) is 25.8 Å². The Hall–Kier alpha value is -1.62. The average Bonchev–Trinajstić information content (AvgIpc) is 2.54. The van der Waals surface area contributed by atoms with Crippen LogP contribution in [0.5, 0.6) is 0 Å². The molecule has 1 saturated heterocycles. The molecule has 22 heavy (non-hydrogen) atoms. The van der Waals surface area contributed by atoms with E-state index in [4.69, 9.17) is 5.73 Å². The molecule has 2 rings (SSSR count). The molecule has 0 aliphatic carbocycles. The second-order valence-corrected chi connectivity index (χ2v) is 6.00. The van der Waals surface area contributed by atoms with Crippen molar-refractivity contribution in [3.8, 4) is 0 Å². The van der Waals surface area contributed by atoms with Crippen molar-refractivity contribution in [3.05, 3.63) is 30.1 Å². The van der Waals surface area contributed by atoms with Crippen molar-refractivity contribution in [1.82, 2.24) is 15.2 Å². The Bertz CT molecular complexity index is 446. The topological polar surface area (TPSA) is 66.5 Å². The highest BCUT2D eigenvalue weighted by molar-refractivity contribution is 5.77. The molecule has 0 bridgehead atoms. The lowest BCUT2D eigenvalue weighted by Gasteiger charge is -2.33. The van der Waals surface area contributed by atoms with E-state index in [9.17, 15) is 0 Å². The van der Waals surface area contributed by atoms with Gasteiger partial charge in [0.2, 0.25) is 0 Å². The molecular weight excluding hydrogens is 274 g/mol. The molecule has 1 unspecified atom stereocenters. The van der Waals surface area contributed by atoms with E-state index in [2.05, 4.69) is 27.1 Å². The zero-order chi connectivity index (χ0) is 15.6. The Balaban J connectivity index is 1.57. The van der Waals surface area contributed by atoms with Gasteiger partial charge in [0.1, 0.15) is 0 Å². The van der Waals surface area contributed by atoms with Crippen molar-refractivity contribution in [2.45, 2.75) is 45.1 Å². The van der Waals surface area contributed by atoms with Crippen LogP contribution in [-0.2, 0) is 6.42 Å². The van der Waals surface area contributed by atoms with Gasteiger partial charge < -0.3 is 16.0 Å². The van der Waals surface area contributed by atoms with Gasteiger partial charge >= 0.3 is 0 Å². The van der Waals surface area contributed by atoms with Gasteiger partial charge in [-0.3, -0.25) is 9.98 Å². The van der Waals surface area contributed by atoms with Crippen LogP contribution >= 0.6 is 0 Å². The number of nitrogens with two attached hydrogens (primary N) is 1. The number of nitrogens with one attached hydrogen (secondary N) is 1. The first-order valence-corrected chi connectivity index (χ1v) is 8.43. The maximum Gasteiger partial charge on any atom is 0.188 e. The minimum atomic E-state index is 0.544. The molecule has 1 aliphatic rings. The van der Waals surface area contributed by atoms with Crippen LogP contribution in [0.1, 0.15) is 38.3 Å². The smallest absolute Gasteiger partial charge is 0.188 e. The number of aromatic nitrogens is 1. The molecule has 0 spiro atoms. The highest BCUT2D eigenvalue weighted by Gasteiger charge is 2.16. The lowest BCUT2D eigenvalue weighted by Crippen LogP contribution is -2.38. The summed E-state index contributed by atoms with van der Waals surface area (Å²) in [4.78, 5) is 11.3. The number of piperidine rings is 1. The van der Waals surface area contributed by atoms with Gasteiger partial charge in [-0.15, -0.1) is 0 Å². The van der Waals surface area contributed by atoms with Gasteiger partial charge in [0, 0.05) is 44.0 Å². The second-order valence-electron chi connectivity index (χ2n) is 6.00. The molecule has 122 valence electrons. The second kappa shape index (κ2) is 9.41. The van der Waals surface area contributed by atoms with Crippen LogP contribution in [0.2, 0.25) is 0 Å². The minimum Gasteiger partial charge on any atom is -0.370 e. The zero-order valence-corrected chi connectivity index (χ0v) is 13.7. The number of nitrogens with zero attached hydrogens (tertiary/aromatic N) is 3. The van der Waals surface area contributed by atoms with Gasteiger partial charge in [-0.05, 0) is 44.9 Å². The predicted molar refractivity (Wildman–Crippen MR) is 91.9 cm³/mol. The third kappa shape index (κ3) is 6.02. The van der Waals surface area contributed by atoms with E-state index >= 15 is 0 Å². The molecule has 1 aliphatic heterocycles. The molecule has 1 aromatic heterocycles. The number of guanidine groups is 1. The summed E-state index contributed by atoms with van der Waals surface area (Å²) in [5.74, 6) is 0.544. The van der Waals surface area contributed by atoms with Gasteiger partial charge in [-0.2, -0.15) is 0 Å². The summed E-state index contributed by atoms with van der Waals surface area (Å²) in [7, 11) is 0. The molecule has 2 heterocycles. The Kier molecular flexibility index (Phi) is 7.16. The first kappa shape index (κ1) is 16.7. The fraction of sp³-hybridized carbons (Fsp3) is 0.647. The molecular formula is C17H29N5. The summed E-state index contributed by atoms with van der Waals surface area (Å²) in [6, 6.07) is 6.68. The maximum atomic E-state index is 5.89. The van der Waals surface area contributed by atoms with Gasteiger partial charge in [-0.25, -0.2) is 0 Å². The van der Waals surface area contributed by atoms with E-state index in [1.807, 2.05) is 24.4 Å². The molecule has 0 radical (unpaired) electrons. The minimum absolute atomic E-state index is 0.544. The number of likely N-dealkylation sites (tertiary alicyclic amines) is 1. The average molecular weight is 303 g/mol. The number of rotatable bonds is 7. The fourth-order valence-electron chi connectivity index (χ4n) is 2.88. The number of aliphatic imine (C=N–C) groups is 1. The molecule has 5 nitrogen and oxygen atoms in total. The van der Waals surface area contributed by atoms with Crippen molar-refractivity contribution >= 4 is 5.96 Å². The Morgan fingerprint density at radius 2 is 2.36 bits per heavy atom. The SMILES string of the molecule is CC1CCCCN1CCCN=C(N)NCCc1ccccn1. The van der Waals surface area contributed by atoms with Crippen LogP contribution in [-0.4, -0.2) is 48.1 Å². The summed E-state index contributed by atoms with van der Waals surface area (Å²) in [5.41, 5.74) is 6.96. The number of pyridine rings is 1. The third-order valence-corrected chi connectivity index (χ3v) is 4.24. The quantitative estimate of drug-likeness (QED) is 0.458. The summed E-state index contributed by atoms with van der Waals surface area (Å²) >= 11 is 0. The number of hydrogen-bond donors (Lipinski definition) is 2. The Labute approximate surface area is 134 Å². The normalized spacial score (nSPS) is 20.0. The largest absolute Gasteiger partial charge is 0.370 e. The predicted octanol–water partition coefficient (Wildman–Crippen LogP) is 1.79. The van der Waals surface area contributed by atoms with Crippen LogP contribution in [0, 0.1) is 0 Å². The summed E-state index contributed by atoms with van der Waals surface area (Å²) in [5, 5.41) is 3.15. The molecule has 5 heteroatoms. The highest BCUT2D eigenvalue weighted by Crippen LogP contribution is 2.16. The van der Waals surface area contributed by atoms with Crippen LogP contribution < -0.4 is 11.1 Å². The van der Waals surface area contributed by atoms with Gasteiger partial charge in [0.25, 0.3) is 0 Å². The van der Waals surface area contributed by atoms with Gasteiger partial charge in [-0.1, -0.05) is 12.5 Å². The molecule has 0 saturated carbocycles. The van der Waals surface area contributed by atoms with Crippen molar-refractivity contribution < 1.29 is 0 Å². The number of hydrogen-bond acceptors (Lipinski definition) is 3. The zero-order valence-electron chi connectivity index (χ0n) is 13.7. The van der Waals surface area contributed by atoms with Crippen LogP contribution in [0.15, 0.2) is 29.4 Å². The first-order valence-electron chi connectivity index (χ1n) is 8.43. The van der Waals surface area contributed by atoms with Gasteiger partial charge in [0.05, 0.1) is 0 Å². The Morgan fingerprint density at radius 1 is 1.45 bits per heavy atom. The monoisotopic (exact) mass is 303 g/mol. The maximum absolute atomic E-state index is 5.89. The first-order chi connectivity index (χ1) is 10.8. The molecule has 0 aromatic carbocycles. The fourth-order valence-corrected chi connectivity index (χ4v) is 2.88. The Morgan fingerprint density at radius 3 is 3.14 bits per heavy atom. The van der Waals surface area contributed by atoms with E-state index in [0.717, 1.165) is 44.2 Å². The third-order valence-electron chi connectivity index (χ3n) is 4.24. The van der Waals surface area contributed by atoms with E-state index in [-0.39, 0.29) is 0 Å². The molecule has 1 atom stereocenters. The van der Waals surface area contributed by atoms with Crippen LogP contribution in [0.25, 0.3) is 0 Å². The highest BCUT2D eigenvalue weighted by atomic mass is 15.2. The molecule has 0 amide bonds. The van der Waals surface area contributed by atoms with Crippen molar-refractivity contribution in [3.63, 3.8) is 0 Å². The lowest BCUT2D eigenvalue weighted by molar-refractivity contribution is 0.160. The van der Waals surface area contributed by atoms with Crippen LogP contribution in [0.3, 0.4) is 0 Å². The lowest BCUT2D eigenvalue weighted by atomic mass is 10.0. The van der Waals surface area contributed by atoms with Crippen molar-refractivity contribution in [2.75, 3.05) is 26.2 Å². The molecule has 1 fully saturated rings. The van der Waals surface area contributed by atoms with Gasteiger partial charge in [0.15, 0.2) is 5.96 Å². The standard InChI is InChI=1S/C17H29N5/c1-15-7-3-5-13-22(15)14-6-11-20-17(18)21-12-9-16-8-2-4-10-19-16/h2,4,8,10,15H,3,5-7,9,11-14H2,1H3,(H3,18,20,21). The molecule has 1 aromatic rings. The van der Waals surface area contributed by atoms with E-state index < -0.39 is 0 Å².